The molecule has 0 amide bonds. The van der Waals surface area contributed by atoms with Crippen molar-refractivity contribution < 1.29 is 35.5 Å². The Hall–Kier alpha value is -2.84. The van der Waals surface area contributed by atoms with Crippen LogP contribution in [0.25, 0.3) is 0 Å². The van der Waals surface area contributed by atoms with Gasteiger partial charge in [0.1, 0.15) is 9.79 Å². The molecule has 176 valence electrons. The molecular formula is C20H21N3O8S2. The van der Waals surface area contributed by atoms with E-state index < -0.39 is 70.0 Å². The fourth-order valence-corrected chi connectivity index (χ4v) is 6.27. The number of fused-ring (bicyclic) bond motifs is 2. The molecule has 0 spiro atoms. The molecule has 0 bridgehead atoms. The fourth-order valence-electron chi connectivity index (χ4n) is 4.80. The first kappa shape index (κ1) is 23.3. The third kappa shape index (κ3) is 3.61. The van der Waals surface area contributed by atoms with Crippen LogP contribution in [0.15, 0.2) is 28.0 Å². The molecule has 2 aromatic rings. The first-order valence-corrected chi connectivity index (χ1v) is 12.8. The van der Waals surface area contributed by atoms with Crippen molar-refractivity contribution in [2.24, 2.45) is 5.73 Å². The highest BCUT2D eigenvalue weighted by molar-refractivity contribution is 7.86. The van der Waals surface area contributed by atoms with Gasteiger partial charge < -0.3 is 17.2 Å². The molecule has 33 heavy (non-hydrogen) atoms. The van der Waals surface area contributed by atoms with E-state index in [1.165, 1.54) is 0 Å². The number of carbonyl (C=O) groups is 2. The smallest absolute Gasteiger partial charge is 0.298 e. The number of carbonyl (C=O) groups excluding carboxylic acids is 2. The van der Waals surface area contributed by atoms with Crippen LogP contribution < -0.4 is 17.2 Å². The minimum absolute atomic E-state index is 0.00661. The summed E-state index contributed by atoms with van der Waals surface area (Å²) in [4.78, 5) is 25.4. The van der Waals surface area contributed by atoms with Gasteiger partial charge in [-0.1, -0.05) is 12.1 Å². The Morgan fingerprint density at radius 3 is 1.94 bits per heavy atom. The second-order valence-corrected chi connectivity index (χ2v) is 11.0. The largest absolute Gasteiger partial charge is 0.397 e. The highest BCUT2D eigenvalue weighted by Gasteiger charge is 2.42. The first-order chi connectivity index (χ1) is 15.2. The van der Waals surface area contributed by atoms with Crippen LogP contribution in [-0.4, -0.2) is 43.5 Å². The summed E-state index contributed by atoms with van der Waals surface area (Å²) in [5, 5.41) is 0. The number of ketones is 2. The average Bonchev–Trinajstić information content (AvgIpc) is 2.70. The van der Waals surface area contributed by atoms with E-state index in [-0.39, 0.29) is 22.7 Å². The zero-order chi connectivity index (χ0) is 24.5. The molecule has 0 heterocycles. The average molecular weight is 496 g/mol. The van der Waals surface area contributed by atoms with Crippen LogP contribution in [0.2, 0.25) is 0 Å². The van der Waals surface area contributed by atoms with Crippen molar-refractivity contribution in [3.63, 3.8) is 0 Å². The van der Waals surface area contributed by atoms with Gasteiger partial charge in [0, 0.05) is 17.2 Å². The number of nitrogen functional groups attached to an aromatic ring is 2. The zero-order valence-corrected chi connectivity index (χ0v) is 18.7. The van der Waals surface area contributed by atoms with E-state index in [4.69, 9.17) is 17.2 Å². The van der Waals surface area contributed by atoms with Gasteiger partial charge in [0.25, 0.3) is 20.2 Å². The molecule has 0 aliphatic heterocycles. The van der Waals surface area contributed by atoms with E-state index in [9.17, 15) is 35.5 Å². The maximum absolute atomic E-state index is 13.6. The maximum Gasteiger partial charge on any atom is 0.298 e. The minimum atomic E-state index is -4.99. The van der Waals surface area contributed by atoms with Crippen molar-refractivity contribution in [2.75, 3.05) is 11.5 Å². The lowest BCUT2D eigenvalue weighted by atomic mass is 9.73. The van der Waals surface area contributed by atoms with Gasteiger partial charge >= 0.3 is 0 Å². The van der Waals surface area contributed by atoms with Crippen molar-refractivity contribution in [2.45, 2.75) is 47.4 Å². The lowest BCUT2D eigenvalue weighted by Crippen LogP contribution is -2.31. The molecule has 0 atom stereocenters. The topological polar surface area (TPSA) is 221 Å². The number of hydrogen-bond donors (Lipinski definition) is 5. The van der Waals surface area contributed by atoms with E-state index in [2.05, 4.69) is 0 Å². The molecule has 11 nitrogen and oxygen atoms in total. The Labute approximate surface area is 189 Å². The van der Waals surface area contributed by atoms with E-state index in [1.807, 2.05) is 0 Å². The van der Waals surface area contributed by atoms with Crippen molar-refractivity contribution in [3.8, 4) is 0 Å². The minimum Gasteiger partial charge on any atom is -0.397 e. The molecule has 2 aliphatic rings. The van der Waals surface area contributed by atoms with Gasteiger partial charge in [0.05, 0.1) is 22.5 Å². The number of rotatable bonds is 3. The third-order valence-corrected chi connectivity index (χ3v) is 8.09. The number of anilines is 2. The highest BCUT2D eigenvalue weighted by atomic mass is 32.2. The van der Waals surface area contributed by atoms with Gasteiger partial charge in [-0.3, -0.25) is 18.7 Å². The summed E-state index contributed by atoms with van der Waals surface area (Å²) in [5.41, 5.74) is 15.1. The van der Waals surface area contributed by atoms with E-state index in [0.29, 0.717) is 25.7 Å². The Balaban J connectivity index is 2.13. The number of nitrogens with two attached hydrogens (primary N) is 3. The van der Waals surface area contributed by atoms with Gasteiger partial charge in [-0.15, -0.1) is 0 Å². The molecule has 2 aliphatic carbocycles. The lowest BCUT2D eigenvalue weighted by molar-refractivity contribution is 0.0975. The van der Waals surface area contributed by atoms with Crippen LogP contribution in [0.3, 0.4) is 0 Å². The summed E-state index contributed by atoms with van der Waals surface area (Å²) in [6, 6.07) is 3.18. The van der Waals surface area contributed by atoms with Crippen LogP contribution in [0.1, 0.15) is 69.0 Å². The molecule has 0 saturated heterocycles. The predicted octanol–water partition coefficient (Wildman–Crippen LogP) is 1.10. The quantitative estimate of drug-likeness (QED) is 0.256. The molecule has 1 fully saturated rings. The van der Waals surface area contributed by atoms with Gasteiger partial charge in [-0.2, -0.15) is 16.8 Å². The predicted molar refractivity (Wildman–Crippen MR) is 117 cm³/mol. The van der Waals surface area contributed by atoms with Crippen molar-refractivity contribution in [1.29, 1.82) is 0 Å². The van der Waals surface area contributed by atoms with Crippen LogP contribution >= 0.6 is 0 Å². The van der Waals surface area contributed by atoms with Gasteiger partial charge in [-0.05, 0) is 43.2 Å². The Morgan fingerprint density at radius 2 is 1.39 bits per heavy atom. The molecule has 1 saturated carbocycles. The number of hydrogen-bond acceptors (Lipinski definition) is 9. The molecular weight excluding hydrogens is 474 g/mol. The van der Waals surface area contributed by atoms with Gasteiger partial charge in [0.15, 0.2) is 11.6 Å². The standard InChI is InChI=1S/C20H21N3O8S2/c21-9-6-4-8(5-7-9)12-14-15(17(23)20(16(12)22)33(29,30)31)18(24)10-2-1-3-11(32(26,27)28)13(10)19(14)25/h1-3,8-9H,4-7,21-23H2,(H,26,27,28)(H,29,30,31). The summed E-state index contributed by atoms with van der Waals surface area (Å²) in [6.45, 7) is 0. The van der Waals surface area contributed by atoms with Crippen LogP contribution in [0.4, 0.5) is 11.4 Å². The Kier molecular flexibility index (Phi) is 5.37. The van der Waals surface area contributed by atoms with Crippen LogP contribution in [0, 0.1) is 0 Å². The van der Waals surface area contributed by atoms with Crippen molar-refractivity contribution in [3.05, 3.63) is 46.0 Å². The third-order valence-electron chi connectivity index (χ3n) is 6.24. The Morgan fingerprint density at radius 1 is 0.788 bits per heavy atom. The van der Waals surface area contributed by atoms with Crippen molar-refractivity contribution >= 4 is 43.2 Å². The summed E-state index contributed by atoms with van der Waals surface area (Å²) in [7, 11) is -9.88. The van der Waals surface area contributed by atoms with Crippen molar-refractivity contribution in [1.82, 2.24) is 0 Å². The number of benzene rings is 2. The molecule has 2 aromatic carbocycles. The molecule has 0 aromatic heterocycles. The second-order valence-electron chi connectivity index (χ2n) is 8.22. The van der Waals surface area contributed by atoms with Gasteiger partial charge in [-0.25, -0.2) is 0 Å². The molecule has 0 unspecified atom stereocenters. The fraction of sp³-hybridized carbons (Fsp3) is 0.300. The molecule has 4 rings (SSSR count). The summed E-state index contributed by atoms with van der Waals surface area (Å²) in [6.07, 6.45) is 1.86. The monoisotopic (exact) mass is 495 g/mol. The van der Waals surface area contributed by atoms with Crippen LogP contribution in [0.5, 0.6) is 0 Å². The summed E-state index contributed by atoms with van der Waals surface area (Å²) < 4.78 is 67.6. The summed E-state index contributed by atoms with van der Waals surface area (Å²) >= 11 is 0. The lowest BCUT2D eigenvalue weighted by Gasteiger charge is -2.32. The van der Waals surface area contributed by atoms with E-state index in [0.717, 1.165) is 18.2 Å². The second kappa shape index (κ2) is 7.60. The molecule has 0 radical (unpaired) electrons. The molecule has 13 heteroatoms. The van der Waals surface area contributed by atoms with E-state index >= 15 is 0 Å². The first-order valence-electron chi connectivity index (χ1n) is 9.92. The summed E-state index contributed by atoms with van der Waals surface area (Å²) in [5.74, 6) is -2.38. The molecule has 8 N–H and O–H groups in total. The van der Waals surface area contributed by atoms with Crippen LogP contribution in [-0.2, 0) is 20.2 Å². The van der Waals surface area contributed by atoms with E-state index in [1.54, 1.807) is 0 Å². The maximum atomic E-state index is 13.6. The SMILES string of the molecule is Nc1c2c(c(C3CCC(N)CC3)c(N)c1S(=O)(=O)O)C(=O)c1c(cccc1S(=O)(=O)O)C2=O. The highest BCUT2D eigenvalue weighted by Crippen LogP contribution is 2.47. The Bertz CT molecular complexity index is 1440. The zero-order valence-electron chi connectivity index (χ0n) is 17.1. The van der Waals surface area contributed by atoms with Gasteiger partial charge in [0.2, 0.25) is 0 Å². The normalized spacial score (nSPS) is 20.9.